The summed E-state index contributed by atoms with van der Waals surface area (Å²) in [5.41, 5.74) is 1.39. The Kier molecular flexibility index (Phi) is 2.23. The van der Waals surface area contributed by atoms with Crippen LogP contribution in [0.2, 0.25) is 0 Å². The molecule has 0 saturated carbocycles. The van der Waals surface area contributed by atoms with E-state index in [1.807, 2.05) is 0 Å². The summed E-state index contributed by atoms with van der Waals surface area (Å²) in [7, 11) is 0. The fourth-order valence-electron chi connectivity index (χ4n) is 1.55. The quantitative estimate of drug-likeness (QED) is 0.620. The molecule has 1 atom stereocenters. The van der Waals surface area contributed by atoms with Crippen LogP contribution in [0, 0.1) is 0 Å². The van der Waals surface area contributed by atoms with E-state index in [4.69, 9.17) is 0 Å². The largest absolute Gasteiger partial charge is 0.306 e. The van der Waals surface area contributed by atoms with Crippen molar-refractivity contribution in [2.24, 2.45) is 0 Å². The Morgan fingerprint density at radius 2 is 1.92 bits per heavy atom. The van der Waals surface area contributed by atoms with E-state index in [0.717, 1.165) is 13.0 Å². The third kappa shape index (κ3) is 1.56. The van der Waals surface area contributed by atoms with Crippen LogP contribution in [0.1, 0.15) is 18.0 Å². The highest BCUT2D eigenvalue weighted by molar-refractivity contribution is 5.20. The number of hydrogen-bond donors (Lipinski definition) is 1. The SMILES string of the molecule is C1=CC[C@@H](c2ccccc2)NC1. The lowest BCUT2D eigenvalue weighted by Gasteiger charge is -2.19. The number of hydrogen-bond acceptors (Lipinski definition) is 1. The summed E-state index contributed by atoms with van der Waals surface area (Å²) in [6.07, 6.45) is 5.54. The molecule has 0 amide bonds. The topological polar surface area (TPSA) is 12.0 Å². The van der Waals surface area contributed by atoms with Crippen LogP contribution < -0.4 is 5.32 Å². The molecule has 1 aromatic carbocycles. The van der Waals surface area contributed by atoms with Crippen molar-refractivity contribution in [1.82, 2.24) is 5.32 Å². The van der Waals surface area contributed by atoms with Gasteiger partial charge in [-0.05, 0) is 12.0 Å². The van der Waals surface area contributed by atoms with Crippen LogP contribution in [0.15, 0.2) is 42.5 Å². The Balaban J connectivity index is 2.15. The average molecular weight is 159 g/mol. The predicted octanol–water partition coefficient (Wildman–Crippen LogP) is 2.28. The van der Waals surface area contributed by atoms with Crippen LogP contribution in [0.5, 0.6) is 0 Å². The van der Waals surface area contributed by atoms with Gasteiger partial charge in [-0.15, -0.1) is 0 Å². The van der Waals surface area contributed by atoms with Crippen molar-refractivity contribution in [2.75, 3.05) is 6.54 Å². The molecule has 1 aliphatic heterocycles. The lowest BCUT2D eigenvalue weighted by Crippen LogP contribution is -2.23. The maximum absolute atomic E-state index is 3.45. The molecule has 1 aromatic rings. The first-order valence-corrected chi connectivity index (χ1v) is 4.40. The molecule has 0 bridgehead atoms. The van der Waals surface area contributed by atoms with Gasteiger partial charge < -0.3 is 5.32 Å². The third-order valence-corrected chi connectivity index (χ3v) is 2.22. The molecule has 0 saturated heterocycles. The molecule has 1 N–H and O–H groups in total. The summed E-state index contributed by atoms with van der Waals surface area (Å²) < 4.78 is 0. The number of rotatable bonds is 1. The highest BCUT2D eigenvalue weighted by Crippen LogP contribution is 2.18. The second kappa shape index (κ2) is 3.55. The summed E-state index contributed by atoms with van der Waals surface area (Å²) >= 11 is 0. The predicted molar refractivity (Wildman–Crippen MR) is 50.9 cm³/mol. The van der Waals surface area contributed by atoms with Crippen LogP contribution >= 0.6 is 0 Å². The Morgan fingerprint density at radius 3 is 2.58 bits per heavy atom. The summed E-state index contributed by atoms with van der Waals surface area (Å²) in [4.78, 5) is 0. The van der Waals surface area contributed by atoms with E-state index in [9.17, 15) is 0 Å². The van der Waals surface area contributed by atoms with E-state index >= 15 is 0 Å². The van der Waals surface area contributed by atoms with Crippen LogP contribution in [0.3, 0.4) is 0 Å². The van der Waals surface area contributed by atoms with E-state index in [-0.39, 0.29) is 0 Å². The molecule has 0 aromatic heterocycles. The van der Waals surface area contributed by atoms with Crippen molar-refractivity contribution < 1.29 is 0 Å². The fourth-order valence-corrected chi connectivity index (χ4v) is 1.55. The smallest absolute Gasteiger partial charge is 0.0357 e. The maximum Gasteiger partial charge on any atom is 0.0357 e. The van der Waals surface area contributed by atoms with Crippen LogP contribution in [-0.2, 0) is 0 Å². The Labute approximate surface area is 73.1 Å². The minimum atomic E-state index is 0.524. The lowest BCUT2D eigenvalue weighted by atomic mass is 10.0. The molecule has 1 aliphatic rings. The molecule has 62 valence electrons. The molecule has 0 spiro atoms. The zero-order valence-corrected chi connectivity index (χ0v) is 7.03. The van der Waals surface area contributed by atoms with Crippen molar-refractivity contribution in [2.45, 2.75) is 12.5 Å². The van der Waals surface area contributed by atoms with Gasteiger partial charge in [-0.2, -0.15) is 0 Å². The minimum absolute atomic E-state index is 0.524. The van der Waals surface area contributed by atoms with Crippen LogP contribution in [0.4, 0.5) is 0 Å². The molecule has 1 heteroatoms. The lowest BCUT2D eigenvalue weighted by molar-refractivity contribution is 0.555. The molecule has 0 unspecified atom stereocenters. The highest BCUT2D eigenvalue weighted by atomic mass is 14.9. The average Bonchev–Trinajstić information content (AvgIpc) is 2.21. The first kappa shape index (κ1) is 7.56. The zero-order valence-electron chi connectivity index (χ0n) is 7.03. The number of benzene rings is 1. The monoisotopic (exact) mass is 159 g/mol. The Hall–Kier alpha value is -1.08. The number of nitrogens with one attached hydrogen (secondary N) is 1. The van der Waals surface area contributed by atoms with Crippen molar-refractivity contribution in [3.63, 3.8) is 0 Å². The first-order chi connectivity index (χ1) is 5.97. The van der Waals surface area contributed by atoms with Gasteiger partial charge in [-0.1, -0.05) is 42.5 Å². The molecule has 1 nitrogen and oxygen atoms in total. The van der Waals surface area contributed by atoms with Gasteiger partial charge in [0.1, 0.15) is 0 Å². The minimum Gasteiger partial charge on any atom is -0.306 e. The molecular weight excluding hydrogens is 146 g/mol. The van der Waals surface area contributed by atoms with Crippen molar-refractivity contribution in [1.29, 1.82) is 0 Å². The maximum atomic E-state index is 3.45. The van der Waals surface area contributed by atoms with Crippen LogP contribution in [-0.4, -0.2) is 6.54 Å². The van der Waals surface area contributed by atoms with Gasteiger partial charge in [0.05, 0.1) is 0 Å². The molecule has 0 aliphatic carbocycles. The summed E-state index contributed by atoms with van der Waals surface area (Å²) in [6, 6.07) is 11.1. The second-order valence-corrected chi connectivity index (χ2v) is 3.08. The molecule has 1 heterocycles. The molecular formula is C11H13N. The van der Waals surface area contributed by atoms with Crippen molar-refractivity contribution in [3.8, 4) is 0 Å². The molecule has 0 fully saturated rings. The van der Waals surface area contributed by atoms with Gasteiger partial charge in [-0.25, -0.2) is 0 Å². The van der Waals surface area contributed by atoms with E-state index in [1.165, 1.54) is 5.56 Å². The van der Waals surface area contributed by atoms with E-state index in [0.29, 0.717) is 6.04 Å². The standard InChI is InChI=1S/C11H13N/c1-2-6-10(7-3-1)11-8-4-5-9-12-11/h1-7,11-12H,8-9H2/t11-/m0/s1. The van der Waals surface area contributed by atoms with E-state index in [2.05, 4.69) is 47.8 Å². The fraction of sp³-hybridized carbons (Fsp3) is 0.273. The Morgan fingerprint density at radius 1 is 1.08 bits per heavy atom. The van der Waals surface area contributed by atoms with Crippen molar-refractivity contribution >= 4 is 0 Å². The zero-order chi connectivity index (χ0) is 8.23. The van der Waals surface area contributed by atoms with E-state index < -0.39 is 0 Å². The second-order valence-electron chi connectivity index (χ2n) is 3.08. The van der Waals surface area contributed by atoms with Gasteiger partial charge in [0, 0.05) is 12.6 Å². The Bertz CT molecular complexity index is 264. The van der Waals surface area contributed by atoms with Gasteiger partial charge in [0.25, 0.3) is 0 Å². The molecule has 2 rings (SSSR count). The van der Waals surface area contributed by atoms with Gasteiger partial charge in [-0.3, -0.25) is 0 Å². The molecule has 0 radical (unpaired) electrons. The summed E-state index contributed by atoms with van der Waals surface area (Å²) in [5.74, 6) is 0. The highest BCUT2D eigenvalue weighted by Gasteiger charge is 2.09. The molecule has 12 heavy (non-hydrogen) atoms. The summed E-state index contributed by atoms with van der Waals surface area (Å²) in [6.45, 7) is 1.000. The third-order valence-electron chi connectivity index (χ3n) is 2.22. The summed E-state index contributed by atoms with van der Waals surface area (Å²) in [5, 5.41) is 3.45. The first-order valence-electron chi connectivity index (χ1n) is 4.40. The van der Waals surface area contributed by atoms with Crippen LogP contribution in [0.25, 0.3) is 0 Å². The normalized spacial score (nSPS) is 22.5. The van der Waals surface area contributed by atoms with Crippen molar-refractivity contribution in [3.05, 3.63) is 48.0 Å². The van der Waals surface area contributed by atoms with E-state index in [1.54, 1.807) is 0 Å². The van der Waals surface area contributed by atoms with Gasteiger partial charge in [0.2, 0.25) is 0 Å². The van der Waals surface area contributed by atoms with Gasteiger partial charge in [0.15, 0.2) is 0 Å². The van der Waals surface area contributed by atoms with Gasteiger partial charge >= 0.3 is 0 Å².